The molecule has 1 N–H and O–H groups in total. The van der Waals surface area contributed by atoms with E-state index in [0.29, 0.717) is 22.0 Å². The SMILES string of the molecule is CN(C)c1ccc(NC(=O)c2ccc(Cl)cc2)cc1C(=O)[O-]. The van der Waals surface area contributed by atoms with E-state index in [9.17, 15) is 14.7 Å². The van der Waals surface area contributed by atoms with Crippen LogP contribution in [-0.4, -0.2) is 26.0 Å². The first-order valence-corrected chi connectivity index (χ1v) is 6.86. The molecule has 0 saturated heterocycles. The number of carboxylic acid groups (broad SMARTS) is 1. The van der Waals surface area contributed by atoms with Crippen molar-refractivity contribution in [3.8, 4) is 0 Å². The number of amides is 1. The van der Waals surface area contributed by atoms with Gasteiger partial charge in [-0.05, 0) is 42.5 Å². The highest BCUT2D eigenvalue weighted by molar-refractivity contribution is 6.30. The van der Waals surface area contributed by atoms with E-state index in [4.69, 9.17) is 11.6 Å². The number of anilines is 2. The third-order valence-corrected chi connectivity index (χ3v) is 3.31. The summed E-state index contributed by atoms with van der Waals surface area (Å²) in [6, 6.07) is 11.0. The Kier molecular flexibility index (Phi) is 4.68. The lowest BCUT2D eigenvalue weighted by atomic mass is 10.1. The van der Waals surface area contributed by atoms with Crippen molar-refractivity contribution in [1.29, 1.82) is 0 Å². The summed E-state index contributed by atoms with van der Waals surface area (Å²) in [5.74, 6) is -1.65. The fraction of sp³-hybridized carbons (Fsp3) is 0.125. The van der Waals surface area contributed by atoms with Crippen LogP contribution in [0.3, 0.4) is 0 Å². The fourth-order valence-electron chi connectivity index (χ4n) is 1.97. The number of rotatable bonds is 4. The van der Waals surface area contributed by atoms with Crippen LogP contribution in [0.5, 0.6) is 0 Å². The summed E-state index contributed by atoms with van der Waals surface area (Å²) >= 11 is 5.77. The highest BCUT2D eigenvalue weighted by atomic mass is 35.5. The van der Waals surface area contributed by atoms with Crippen molar-refractivity contribution in [3.63, 3.8) is 0 Å². The molecule has 0 atom stereocenters. The maximum atomic E-state index is 12.1. The van der Waals surface area contributed by atoms with Crippen molar-refractivity contribution in [2.75, 3.05) is 24.3 Å². The van der Waals surface area contributed by atoms with Gasteiger partial charge >= 0.3 is 0 Å². The Bertz CT molecular complexity index is 712. The molecular formula is C16H14ClN2O3-. The minimum atomic E-state index is -1.30. The van der Waals surface area contributed by atoms with Crippen LogP contribution in [0.15, 0.2) is 42.5 Å². The van der Waals surface area contributed by atoms with E-state index < -0.39 is 5.97 Å². The minimum Gasteiger partial charge on any atom is -0.545 e. The van der Waals surface area contributed by atoms with Crippen LogP contribution in [-0.2, 0) is 0 Å². The van der Waals surface area contributed by atoms with E-state index >= 15 is 0 Å². The smallest absolute Gasteiger partial charge is 0.255 e. The summed E-state index contributed by atoms with van der Waals surface area (Å²) < 4.78 is 0. The molecule has 2 aromatic carbocycles. The normalized spacial score (nSPS) is 10.1. The molecule has 0 radical (unpaired) electrons. The summed E-state index contributed by atoms with van der Waals surface area (Å²) in [4.78, 5) is 25.0. The van der Waals surface area contributed by atoms with Gasteiger partial charge in [0.2, 0.25) is 0 Å². The van der Waals surface area contributed by atoms with Crippen molar-refractivity contribution in [2.45, 2.75) is 0 Å². The number of carbonyl (C=O) groups is 2. The standard InChI is InChI=1S/C16H15ClN2O3/c1-19(2)14-8-7-12(9-13(14)16(21)22)18-15(20)10-3-5-11(17)6-4-10/h3-9H,1-2H3,(H,18,20)(H,21,22)/p-1. The van der Waals surface area contributed by atoms with Crippen LogP contribution in [0.4, 0.5) is 11.4 Å². The molecule has 0 heterocycles. The largest absolute Gasteiger partial charge is 0.545 e. The fourth-order valence-corrected chi connectivity index (χ4v) is 2.10. The van der Waals surface area contributed by atoms with Gasteiger partial charge in [0.05, 0.1) is 5.97 Å². The Morgan fingerprint density at radius 3 is 2.27 bits per heavy atom. The molecule has 22 heavy (non-hydrogen) atoms. The maximum absolute atomic E-state index is 12.1. The zero-order valence-electron chi connectivity index (χ0n) is 12.1. The average molecular weight is 318 g/mol. The van der Waals surface area contributed by atoms with Gasteiger partial charge in [-0.25, -0.2) is 0 Å². The number of hydrogen-bond acceptors (Lipinski definition) is 4. The second-order valence-corrected chi connectivity index (χ2v) is 5.31. The van der Waals surface area contributed by atoms with Gasteiger partial charge in [-0.15, -0.1) is 0 Å². The molecule has 5 nitrogen and oxygen atoms in total. The Hall–Kier alpha value is -2.53. The number of nitrogens with zero attached hydrogens (tertiary/aromatic N) is 1. The predicted octanol–water partition coefficient (Wildman–Crippen LogP) is 2.02. The quantitative estimate of drug-likeness (QED) is 0.936. The predicted molar refractivity (Wildman–Crippen MR) is 84.5 cm³/mol. The van der Waals surface area contributed by atoms with Crippen molar-refractivity contribution in [2.24, 2.45) is 0 Å². The minimum absolute atomic E-state index is 0.0129. The first kappa shape index (κ1) is 15.9. The number of carboxylic acids is 1. The number of hydrogen-bond donors (Lipinski definition) is 1. The van der Waals surface area contributed by atoms with Crippen molar-refractivity contribution in [1.82, 2.24) is 0 Å². The monoisotopic (exact) mass is 317 g/mol. The second-order valence-electron chi connectivity index (χ2n) is 4.87. The summed E-state index contributed by atoms with van der Waals surface area (Å²) in [6.45, 7) is 0. The van der Waals surface area contributed by atoms with Gasteiger partial charge in [0.1, 0.15) is 0 Å². The molecule has 2 rings (SSSR count). The maximum Gasteiger partial charge on any atom is 0.255 e. The molecule has 114 valence electrons. The van der Waals surface area contributed by atoms with Crippen LogP contribution in [0.2, 0.25) is 5.02 Å². The molecule has 0 bridgehead atoms. The van der Waals surface area contributed by atoms with Crippen LogP contribution in [0.1, 0.15) is 20.7 Å². The molecule has 0 unspecified atom stereocenters. The zero-order chi connectivity index (χ0) is 16.3. The highest BCUT2D eigenvalue weighted by Gasteiger charge is 2.10. The Balaban J connectivity index is 2.26. The van der Waals surface area contributed by atoms with Gasteiger partial charge in [-0.1, -0.05) is 11.6 Å². The van der Waals surface area contributed by atoms with Gasteiger partial charge in [0.25, 0.3) is 5.91 Å². The molecule has 0 fully saturated rings. The summed E-state index contributed by atoms with van der Waals surface area (Å²) in [5.41, 5.74) is 1.32. The van der Waals surface area contributed by atoms with Crippen molar-refractivity contribution in [3.05, 3.63) is 58.6 Å². The first-order valence-electron chi connectivity index (χ1n) is 6.48. The summed E-state index contributed by atoms with van der Waals surface area (Å²) in [7, 11) is 3.46. The van der Waals surface area contributed by atoms with Gasteiger partial charge < -0.3 is 20.1 Å². The Morgan fingerprint density at radius 2 is 1.73 bits per heavy atom. The molecule has 0 aliphatic rings. The lowest BCUT2D eigenvalue weighted by Gasteiger charge is -2.19. The topological polar surface area (TPSA) is 72.5 Å². The van der Waals surface area contributed by atoms with E-state index in [1.54, 1.807) is 55.4 Å². The van der Waals surface area contributed by atoms with Crippen LogP contribution < -0.4 is 15.3 Å². The van der Waals surface area contributed by atoms with Crippen molar-refractivity contribution >= 4 is 34.9 Å². The molecule has 0 saturated carbocycles. The van der Waals surface area contributed by atoms with E-state index in [1.165, 1.54) is 6.07 Å². The first-order chi connectivity index (χ1) is 10.4. The Labute approximate surface area is 133 Å². The Morgan fingerprint density at radius 1 is 1.09 bits per heavy atom. The number of aromatic carboxylic acids is 1. The van der Waals surface area contributed by atoms with Gasteiger partial charge in [-0.3, -0.25) is 4.79 Å². The van der Waals surface area contributed by atoms with Crippen LogP contribution in [0, 0.1) is 0 Å². The molecule has 1 amide bonds. The lowest BCUT2D eigenvalue weighted by Crippen LogP contribution is -2.26. The van der Waals surface area contributed by atoms with E-state index in [0.717, 1.165) is 0 Å². The molecule has 0 aliphatic heterocycles. The van der Waals surface area contributed by atoms with Gasteiger partial charge in [-0.2, -0.15) is 0 Å². The lowest BCUT2D eigenvalue weighted by molar-refractivity contribution is -0.254. The number of carbonyl (C=O) groups excluding carboxylic acids is 2. The molecule has 2 aromatic rings. The molecule has 0 aromatic heterocycles. The van der Waals surface area contributed by atoms with E-state index in [2.05, 4.69) is 5.32 Å². The zero-order valence-corrected chi connectivity index (χ0v) is 12.8. The van der Waals surface area contributed by atoms with Crippen molar-refractivity contribution < 1.29 is 14.7 Å². The van der Waals surface area contributed by atoms with E-state index in [-0.39, 0.29) is 11.5 Å². The van der Waals surface area contributed by atoms with Gasteiger partial charge in [0, 0.05) is 41.6 Å². The summed E-state index contributed by atoms with van der Waals surface area (Å²) in [6.07, 6.45) is 0. The molecule has 6 heteroatoms. The van der Waals surface area contributed by atoms with Gasteiger partial charge in [0.15, 0.2) is 0 Å². The number of nitrogens with one attached hydrogen (secondary N) is 1. The molecule has 0 spiro atoms. The van der Waals surface area contributed by atoms with Crippen LogP contribution in [0.25, 0.3) is 0 Å². The molecular weight excluding hydrogens is 304 g/mol. The molecule has 0 aliphatic carbocycles. The number of benzene rings is 2. The second kappa shape index (κ2) is 6.49. The third-order valence-electron chi connectivity index (χ3n) is 3.06. The third kappa shape index (κ3) is 3.56. The van der Waals surface area contributed by atoms with Crippen LogP contribution >= 0.6 is 11.6 Å². The summed E-state index contributed by atoms with van der Waals surface area (Å²) in [5, 5.41) is 14.4. The average Bonchev–Trinajstić information content (AvgIpc) is 2.47. The highest BCUT2D eigenvalue weighted by Crippen LogP contribution is 2.23. The number of halogens is 1. The van der Waals surface area contributed by atoms with E-state index in [1.807, 2.05) is 0 Å².